The highest BCUT2D eigenvalue weighted by atomic mass is 35.5. The van der Waals surface area contributed by atoms with Gasteiger partial charge in [-0.2, -0.15) is 0 Å². The van der Waals surface area contributed by atoms with Crippen molar-refractivity contribution in [1.82, 2.24) is 25.5 Å². The van der Waals surface area contributed by atoms with Crippen molar-refractivity contribution >= 4 is 18.3 Å². The molecule has 1 unspecified atom stereocenters. The van der Waals surface area contributed by atoms with Gasteiger partial charge in [0.1, 0.15) is 6.33 Å². The van der Waals surface area contributed by atoms with Crippen LogP contribution in [0.2, 0.25) is 0 Å². The fourth-order valence-electron chi connectivity index (χ4n) is 2.76. The van der Waals surface area contributed by atoms with Crippen LogP contribution >= 0.6 is 12.4 Å². The first-order valence-corrected chi connectivity index (χ1v) is 8.97. The largest absolute Gasteiger partial charge is 0.354 e. The molecule has 0 radical (unpaired) electrons. The zero-order valence-corrected chi connectivity index (χ0v) is 16.8. The van der Waals surface area contributed by atoms with Crippen LogP contribution in [0.1, 0.15) is 42.5 Å². The summed E-state index contributed by atoms with van der Waals surface area (Å²) in [5.74, 6) is 0.432. The van der Waals surface area contributed by atoms with Crippen LogP contribution < -0.4 is 11.1 Å². The number of amides is 1. The average molecular weight is 401 g/mol. The Labute approximate surface area is 170 Å². The smallest absolute Gasteiger partial charge is 0.224 e. The van der Waals surface area contributed by atoms with E-state index >= 15 is 0 Å². The van der Waals surface area contributed by atoms with E-state index in [0.29, 0.717) is 18.9 Å². The molecule has 8 heteroatoms. The topological polar surface area (TPSA) is 98.7 Å². The van der Waals surface area contributed by atoms with Gasteiger partial charge in [-0.3, -0.25) is 4.79 Å². The van der Waals surface area contributed by atoms with Gasteiger partial charge in [-0.1, -0.05) is 50.2 Å². The van der Waals surface area contributed by atoms with E-state index < -0.39 is 0 Å². The molecule has 1 amide bonds. The first-order chi connectivity index (χ1) is 13.0. The lowest BCUT2D eigenvalue weighted by atomic mass is 9.99. The summed E-state index contributed by atoms with van der Waals surface area (Å²) < 4.78 is 1.56. The van der Waals surface area contributed by atoms with Crippen molar-refractivity contribution in [1.29, 1.82) is 0 Å². The highest BCUT2D eigenvalue weighted by Gasteiger charge is 2.10. The molecule has 3 N–H and O–H groups in total. The van der Waals surface area contributed by atoms with Crippen LogP contribution in [0, 0.1) is 0 Å². The van der Waals surface area contributed by atoms with Crippen molar-refractivity contribution in [2.45, 2.75) is 32.2 Å². The molecule has 1 heterocycles. The van der Waals surface area contributed by atoms with Gasteiger partial charge in [0.2, 0.25) is 5.91 Å². The quantitative estimate of drug-likeness (QED) is 0.635. The van der Waals surface area contributed by atoms with E-state index in [9.17, 15) is 4.79 Å². The van der Waals surface area contributed by atoms with Gasteiger partial charge in [0.05, 0.1) is 12.1 Å². The summed E-state index contributed by atoms with van der Waals surface area (Å²) in [5, 5.41) is 13.9. The second-order valence-electron chi connectivity index (χ2n) is 6.83. The van der Waals surface area contributed by atoms with Gasteiger partial charge in [0, 0.05) is 12.6 Å². The van der Waals surface area contributed by atoms with Gasteiger partial charge < -0.3 is 11.1 Å². The van der Waals surface area contributed by atoms with Gasteiger partial charge >= 0.3 is 0 Å². The molecule has 1 aromatic heterocycles. The molecule has 2 aromatic carbocycles. The van der Waals surface area contributed by atoms with Crippen LogP contribution in [0.4, 0.5) is 0 Å². The molecule has 0 aliphatic heterocycles. The number of rotatable bonds is 7. The van der Waals surface area contributed by atoms with Crippen molar-refractivity contribution in [3.63, 3.8) is 0 Å². The van der Waals surface area contributed by atoms with Crippen LogP contribution in [0.15, 0.2) is 54.9 Å². The minimum atomic E-state index is -0.225. The van der Waals surface area contributed by atoms with Gasteiger partial charge in [-0.05, 0) is 45.2 Å². The molecule has 1 atom stereocenters. The fraction of sp³-hybridized carbons (Fsp3) is 0.300. The summed E-state index contributed by atoms with van der Waals surface area (Å²) in [7, 11) is 0. The monoisotopic (exact) mass is 400 g/mol. The summed E-state index contributed by atoms with van der Waals surface area (Å²) in [6.45, 7) is 4.72. The molecule has 0 aliphatic carbocycles. The first kappa shape index (κ1) is 21.5. The number of tetrazole rings is 1. The van der Waals surface area contributed by atoms with E-state index in [1.54, 1.807) is 4.68 Å². The molecule has 7 nitrogen and oxygen atoms in total. The van der Waals surface area contributed by atoms with E-state index in [0.717, 1.165) is 16.8 Å². The maximum Gasteiger partial charge on any atom is 0.224 e. The van der Waals surface area contributed by atoms with E-state index in [1.807, 2.05) is 36.4 Å². The third-order valence-electron chi connectivity index (χ3n) is 4.47. The van der Waals surface area contributed by atoms with Crippen molar-refractivity contribution < 1.29 is 4.79 Å². The van der Waals surface area contributed by atoms with Crippen molar-refractivity contribution in [2.75, 3.05) is 6.54 Å². The Hall–Kier alpha value is -2.77. The first-order valence-electron chi connectivity index (χ1n) is 8.97. The van der Waals surface area contributed by atoms with E-state index in [2.05, 4.69) is 46.8 Å². The standard InChI is InChI=1S/C20H24N6O.ClH/c1-14(2)16-5-7-17(8-6-16)19(21)12-22-20(27)11-15-3-9-18(10-4-15)26-13-23-24-25-26;/h3-10,13-14,19H,11-12,21H2,1-2H3,(H,22,27);1H. The minimum absolute atomic E-state index is 0. The van der Waals surface area contributed by atoms with Crippen LogP contribution in [0.5, 0.6) is 0 Å². The molecule has 3 aromatic rings. The predicted molar refractivity (Wildman–Crippen MR) is 111 cm³/mol. The lowest BCUT2D eigenvalue weighted by Crippen LogP contribution is -2.32. The number of halogens is 1. The van der Waals surface area contributed by atoms with Gasteiger partial charge in [-0.25, -0.2) is 4.68 Å². The molecular weight excluding hydrogens is 376 g/mol. The third kappa shape index (κ3) is 5.61. The second kappa shape index (κ2) is 9.96. The third-order valence-corrected chi connectivity index (χ3v) is 4.47. The minimum Gasteiger partial charge on any atom is -0.354 e. The van der Waals surface area contributed by atoms with Crippen molar-refractivity contribution in [3.05, 3.63) is 71.5 Å². The Bertz CT molecular complexity index is 863. The molecule has 28 heavy (non-hydrogen) atoms. The summed E-state index contributed by atoms with van der Waals surface area (Å²) in [5.41, 5.74) is 10.3. The highest BCUT2D eigenvalue weighted by molar-refractivity contribution is 5.85. The summed E-state index contributed by atoms with van der Waals surface area (Å²) in [6.07, 6.45) is 1.83. The second-order valence-corrected chi connectivity index (χ2v) is 6.83. The molecule has 0 spiro atoms. The Kier molecular flexibility index (Phi) is 7.66. The SMILES string of the molecule is CC(C)c1ccc(C(N)CNC(=O)Cc2ccc(-n3cnnn3)cc2)cc1.Cl. The lowest BCUT2D eigenvalue weighted by Gasteiger charge is -2.14. The number of benzene rings is 2. The zero-order chi connectivity index (χ0) is 19.2. The van der Waals surface area contributed by atoms with Gasteiger partial charge in [-0.15, -0.1) is 17.5 Å². The number of carbonyl (C=O) groups excluding carboxylic acids is 1. The number of hydrogen-bond donors (Lipinski definition) is 2. The normalized spacial score (nSPS) is 11.7. The molecule has 148 valence electrons. The van der Waals surface area contributed by atoms with Gasteiger partial charge in [0.15, 0.2) is 0 Å². The molecular formula is C20H25ClN6O. The fourth-order valence-corrected chi connectivity index (χ4v) is 2.76. The number of carbonyl (C=O) groups is 1. The van der Waals surface area contributed by atoms with Crippen LogP contribution in [0.3, 0.4) is 0 Å². The van der Waals surface area contributed by atoms with Crippen molar-refractivity contribution in [3.8, 4) is 5.69 Å². The Morgan fingerprint density at radius 3 is 2.29 bits per heavy atom. The molecule has 3 rings (SSSR count). The van der Waals surface area contributed by atoms with Crippen LogP contribution in [-0.4, -0.2) is 32.7 Å². The van der Waals surface area contributed by atoms with E-state index in [-0.39, 0.29) is 24.4 Å². The predicted octanol–water partition coefficient (Wildman–Crippen LogP) is 2.57. The number of hydrogen-bond acceptors (Lipinski definition) is 5. The molecule has 0 bridgehead atoms. The summed E-state index contributed by atoms with van der Waals surface area (Å²) >= 11 is 0. The molecule has 0 aliphatic rings. The maximum atomic E-state index is 12.2. The van der Waals surface area contributed by atoms with E-state index in [4.69, 9.17) is 5.73 Å². The summed E-state index contributed by atoms with van der Waals surface area (Å²) in [6, 6.07) is 15.6. The zero-order valence-electron chi connectivity index (χ0n) is 15.9. The average Bonchev–Trinajstić information content (AvgIpc) is 3.21. The molecule has 0 saturated carbocycles. The summed E-state index contributed by atoms with van der Waals surface area (Å²) in [4.78, 5) is 12.2. The molecule has 0 fully saturated rings. The highest BCUT2D eigenvalue weighted by Crippen LogP contribution is 2.17. The number of nitrogens with two attached hydrogens (primary N) is 1. The number of nitrogens with one attached hydrogen (secondary N) is 1. The van der Waals surface area contributed by atoms with E-state index in [1.165, 1.54) is 11.9 Å². The van der Waals surface area contributed by atoms with Crippen LogP contribution in [-0.2, 0) is 11.2 Å². The maximum absolute atomic E-state index is 12.2. The van der Waals surface area contributed by atoms with Gasteiger partial charge in [0.25, 0.3) is 0 Å². The Balaban J connectivity index is 0.00000280. The lowest BCUT2D eigenvalue weighted by molar-refractivity contribution is -0.120. The Morgan fingerprint density at radius 1 is 1.07 bits per heavy atom. The number of nitrogens with zero attached hydrogens (tertiary/aromatic N) is 4. The Morgan fingerprint density at radius 2 is 1.71 bits per heavy atom. The van der Waals surface area contributed by atoms with Crippen LogP contribution in [0.25, 0.3) is 5.69 Å². The molecule has 0 saturated heterocycles. The van der Waals surface area contributed by atoms with Crippen molar-refractivity contribution in [2.24, 2.45) is 5.73 Å². The number of aromatic nitrogens is 4.